The molecule has 0 amide bonds. The van der Waals surface area contributed by atoms with Crippen LogP contribution < -0.4 is 5.32 Å². The van der Waals surface area contributed by atoms with E-state index < -0.39 is 0 Å². The van der Waals surface area contributed by atoms with Gasteiger partial charge in [0.15, 0.2) is 0 Å². The summed E-state index contributed by atoms with van der Waals surface area (Å²) in [6, 6.07) is 3.64. The first-order valence-electron chi connectivity index (χ1n) is 7.36. The van der Waals surface area contributed by atoms with Crippen LogP contribution in [-0.2, 0) is 0 Å². The summed E-state index contributed by atoms with van der Waals surface area (Å²) in [6.07, 6.45) is 8.93. The quantitative estimate of drug-likeness (QED) is 0.811. The van der Waals surface area contributed by atoms with Crippen LogP contribution in [0.4, 0.5) is 0 Å². The molecule has 2 rings (SSSR count). The van der Waals surface area contributed by atoms with E-state index in [1.165, 1.54) is 38.5 Å². The summed E-state index contributed by atoms with van der Waals surface area (Å²) in [6.45, 7) is 4.70. The number of nitrogens with one attached hydrogen (secondary N) is 1. The van der Waals surface area contributed by atoms with E-state index in [0.29, 0.717) is 12.1 Å². The number of nitriles is 1. The number of nitrogens with zero attached hydrogens (tertiary/aromatic N) is 1. The zero-order chi connectivity index (χ0) is 12.3. The second-order valence-electron chi connectivity index (χ2n) is 6.30. The van der Waals surface area contributed by atoms with Crippen LogP contribution in [0.1, 0.15) is 58.8 Å². The number of rotatable bonds is 3. The van der Waals surface area contributed by atoms with Gasteiger partial charge >= 0.3 is 0 Å². The fourth-order valence-electron chi connectivity index (χ4n) is 3.57. The highest BCUT2D eigenvalue weighted by Gasteiger charge is 2.30. The van der Waals surface area contributed by atoms with Gasteiger partial charge in [0.25, 0.3) is 0 Å². The zero-order valence-corrected chi connectivity index (χ0v) is 11.3. The molecule has 0 heterocycles. The van der Waals surface area contributed by atoms with E-state index in [0.717, 1.165) is 18.3 Å². The van der Waals surface area contributed by atoms with E-state index in [-0.39, 0.29) is 5.92 Å². The van der Waals surface area contributed by atoms with Gasteiger partial charge in [-0.1, -0.05) is 20.3 Å². The molecule has 17 heavy (non-hydrogen) atoms. The molecule has 2 aliphatic rings. The molecule has 1 N–H and O–H groups in total. The second kappa shape index (κ2) is 5.87. The van der Waals surface area contributed by atoms with E-state index >= 15 is 0 Å². The Morgan fingerprint density at radius 1 is 1.06 bits per heavy atom. The molecule has 0 aromatic heterocycles. The van der Waals surface area contributed by atoms with E-state index in [4.69, 9.17) is 5.26 Å². The predicted molar refractivity (Wildman–Crippen MR) is 70.5 cm³/mol. The average molecular weight is 234 g/mol. The van der Waals surface area contributed by atoms with Gasteiger partial charge in [0.1, 0.15) is 0 Å². The van der Waals surface area contributed by atoms with Crippen LogP contribution in [0.25, 0.3) is 0 Å². The van der Waals surface area contributed by atoms with E-state index in [2.05, 4.69) is 25.2 Å². The van der Waals surface area contributed by atoms with E-state index in [1.807, 2.05) is 0 Å². The van der Waals surface area contributed by atoms with Gasteiger partial charge in [-0.3, -0.25) is 0 Å². The van der Waals surface area contributed by atoms with Crippen molar-refractivity contribution >= 4 is 0 Å². The molecular formula is C15H26N2. The summed E-state index contributed by atoms with van der Waals surface area (Å²) in [5, 5.41) is 12.8. The van der Waals surface area contributed by atoms with Gasteiger partial charge in [0, 0.05) is 12.1 Å². The third-order valence-corrected chi connectivity index (χ3v) is 4.85. The van der Waals surface area contributed by atoms with Crippen LogP contribution in [0.5, 0.6) is 0 Å². The molecule has 2 unspecified atom stereocenters. The van der Waals surface area contributed by atoms with Crippen LogP contribution in [0, 0.1) is 29.1 Å². The van der Waals surface area contributed by atoms with Crippen LogP contribution in [-0.4, -0.2) is 12.1 Å². The second-order valence-corrected chi connectivity index (χ2v) is 6.30. The average Bonchev–Trinajstić information content (AvgIpc) is 2.77. The summed E-state index contributed by atoms with van der Waals surface area (Å²) in [4.78, 5) is 0. The molecule has 0 radical (unpaired) electrons. The van der Waals surface area contributed by atoms with E-state index in [1.54, 1.807) is 0 Å². The Kier molecular flexibility index (Phi) is 4.45. The summed E-state index contributed by atoms with van der Waals surface area (Å²) >= 11 is 0. The van der Waals surface area contributed by atoms with Crippen LogP contribution >= 0.6 is 0 Å². The Morgan fingerprint density at radius 3 is 2.35 bits per heavy atom. The van der Waals surface area contributed by atoms with Crippen molar-refractivity contribution in [1.82, 2.24) is 5.32 Å². The monoisotopic (exact) mass is 234 g/mol. The van der Waals surface area contributed by atoms with Gasteiger partial charge < -0.3 is 5.32 Å². The first-order chi connectivity index (χ1) is 8.20. The van der Waals surface area contributed by atoms with Crippen molar-refractivity contribution in [2.24, 2.45) is 17.8 Å². The SMILES string of the molecule is CC(C)C1CCC(NC2CCCC2C#N)CC1. The normalized spacial score (nSPS) is 38.2. The summed E-state index contributed by atoms with van der Waals surface area (Å²) < 4.78 is 0. The van der Waals surface area contributed by atoms with Gasteiger partial charge in [-0.2, -0.15) is 5.26 Å². The molecule has 2 fully saturated rings. The molecule has 0 aromatic rings. The molecule has 2 heteroatoms. The third kappa shape index (κ3) is 3.22. The third-order valence-electron chi connectivity index (χ3n) is 4.85. The first kappa shape index (κ1) is 12.9. The predicted octanol–water partition coefficient (Wildman–Crippen LogP) is 3.48. The van der Waals surface area contributed by atoms with Crippen LogP contribution in [0.3, 0.4) is 0 Å². The topological polar surface area (TPSA) is 35.8 Å². The Hall–Kier alpha value is -0.550. The van der Waals surface area contributed by atoms with Crippen molar-refractivity contribution < 1.29 is 0 Å². The smallest absolute Gasteiger partial charge is 0.0672 e. The Bertz CT molecular complexity index is 271. The minimum Gasteiger partial charge on any atom is -0.310 e. The molecule has 0 aromatic carbocycles. The van der Waals surface area contributed by atoms with Gasteiger partial charge in [-0.25, -0.2) is 0 Å². The highest BCUT2D eigenvalue weighted by Crippen LogP contribution is 2.32. The van der Waals surface area contributed by atoms with Crippen LogP contribution in [0.15, 0.2) is 0 Å². The lowest BCUT2D eigenvalue weighted by Crippen LogP contribution is -2.42. The lowest BCUT2D eigenvalue weighted by atomic mass is 9.79. The summed E-state index contributed by atoms with van der Waals surface area (Å²) in [5.74, 6) is 2.05. The minimum absolute atomic E-state index is 0.276. The van der Waals surface area contributed by atoms with Crippen molar-refractivity contribution in [3.05, 3.63) is 0 Å². The molecule has 2 aliphatic carbocycles. The lowest BCUT2D eigenvalue weighted by Gasteiger charge is -2.33. The molecule has 2 atom stereocenters. The molecule has 0 spiro atoms. The maximum absolute atomic E-state index is 9.09. The Labute approximate surface area is 106 Å². The summed E-state index contributed by atoms with van der Waals surface area (Å²) in [7, 11) is 0. The van der Waals surface area contributed by atoms with E-state index in [9.17, 15) is 0 Å². The number of hydrogen-bond acceptors (Lipinski definition) is 2. The largest absolute Gasteiger partial charge is 0.310 e. The summed E-state index contributed by atoms with van der Waals surface area (Å²) in [5.41, 5.74) is 0. The molecular weight excluding hydrogens is 208 g/mol. The maximum Gasteiger partial charge on any atom is 0.0672 e. The lowest BCUT2D eigenvalue weighted by molar-refractivity contribution is 0.224. The fourth-order valence-corrected chi connectivity index (χ4v) is 3.57. The molecule has 96 valence electrons. The van der Waals surface area contributed by atoms with Crippen molar-refractivity contribution in [3.63, 3.8) is 0 Å². The Balaban J connectivity index is 1.76. The molecule has 0 saturated heterocycles. The molecule has 0 aliphatic heterocycles. The highest BCUT2D eigenvalue weighted by molar-refractivity contribution is 4.98. The highest BCUT2D eigenvalue weighted by atomic mass is 15.0. The zero-order valence-electron chi connectivity index (χ0n) is 11.3. The van der Waals surface area contributed by atoms with Gasteiger partial charge in [0.05, 0.1) is 12.0 Å². The fraction of sp³-hybridized carbons (Fsp3) is 0.933. The van der Waals surface area contributed by atoms with Crippen molar-refractivity contribution in [2.75, 3.05) is 0 Å². The molecule has 2 saturated carbocycles. The number of hydrogen-bond donors (Lipinski definition) is 1. The van der Waals surface area contributed by atoms with Gasteiger partial charge in [-0.05, 0) is 50.4 Å². The Morgan fingerprint density at radius 2 is 1.76 bits per heavy atom. The molecule has 2 nitrogen and oxygen atoms in total. The first-order valence-corrected chi connectivity index (χ1v) is 7.36. The van der Waals surface area contributed by atoms with Crippen molar-refractivity contribution in [3.8, 4) is 6.07 Å². The molecule has 0 bridgehead atoms. The van der Waals surface area contributed by atoms with Gasteiger partial charge in [-0.15, -0.1) is 0 Å². The standard InChI is InChI=1S/C15H26N2/c1-11(2)12-6-8-14(9-7-12)17-15-5-3-4-13(15)10-16/h11-15,17H,3-9H2,1-2H3. The van der Waals surface area contributed by atoms with Crippen LogP contribution in [0.2, 0.25) is 0 Å². The van der Waals surface area contributed by atoms with Crippen molar-refractivity contribution in [2.45, 2.75) is 70.9 Å². The van der Waals surface area contributed by atoms with Gasteiger partial charge in [0.2, 0.25) is 0 Å². The van der Waals surface area contributed by atoms with Crippen molar-refractivity contribution in [1.29, 1.82) is 5.26 Å². The minimum atomic E-state index is 0.276. The maximum atomic E-state index is 9.09.